The lowest BCUT2D eigenvalue weighted by Gasteiger charge is -2.35. The minimum absolute atomic E-state index is 0.211. The summed E-state index contributed by atoms with van der Waals surface area (Å²) in [5.41, 5.74) is 3.41. The largest absolute Gasteiger partial charge is 0.395 e. The topological polar surface area (TPSA) is 51.9 Å². The van der Waals surface area contributed by atoms with E-state index in [9.17, 15) is 5.11 Å². The highest BCUT2D eigenvalue weighted by Crippen LogP contribution is 2.30. The average molecular weight is 366 g/mol. The average Bonchev–Trinajstić information content (AvgIpc) is 2.83. The molecule has 2 aromatic rings. The number of aryl methyl sites for hydroxylation is 1. The third kappa shape index (κ3) is 4.01. The van der Waals surface area contributed by atoms with Gasteiger partial charge < -0.3 is 14.8 Å². The second-order valence-corrected chi connectivity index (χ2v) is 7.38. The molecule has 1 saturated heterocycles. The number of rotatable bonds is 6. The number of halogens is 1. The molecular weight excluding hydrogens is 338 g/mol. The van der Waals surface area contributed by atoms with Crippen molar-refractivity contribution in [2.75, 3.05) is 45.9 Å². The first-order valence-electron chi connectivity index (χ1n) is 8.98. The van der Waals surface area contributed by atoms with Crippen LogP contribution in [0.15, 0.2) is 18.2 Å². The number of hydrogen-bond acceptors (Lipinski definition) is 4. The predicted molar refractivity (Wildman–Crippen MR) is 102 cm³/mol. The van der Waals surface area contributed by atoms with Gasteiger partial charge in [-0.05, 0) is 25.5 Å². The Bertz CT molecular complexity index is 723. The zero-order valence-electron chi connectivity index (χ0n) is 15.1. The number of piperazine rings is 1. The van der Waals surface area contributed by atoms with E-state index in [1.165, 1.54) is 5.56 Å². The van der Waals surface area contributed by atoms with Gasteiger partial charge in [-0.3, -0.25) is 9.80 Å². The van der Waals surface area contributed by atoms with Gasteiger partial charge in [-0.25, -0.2) is 0 Å². The van der Waals surface area contributed by atoms with E-state index in [4.69, 9.17) is 16.7 Å². The van der Waals surface area contributed by atoms with Crippen molar-refractivity contribution in [2.24, 2.45) is 0 Å². The monoisotopic (exact) mass is 365 g/mol. The van der Waals surface area contributed by atoms with E-state index in [-0.39, 0.29) is 6.61 Å². The summed E-state index contributed by atoms with van der Waals surface area (Å²) in [5, 5.41) is 21.6. The molecule has 1 fully saturated rings. The number of aromatic nitrogens is 1. The van der Waals surface area contributed by atoms with E-state index in [2.05, 4.69) is 34.3 Å². The van der Waals surface area contributed by atoms with Crippen molar-refractivity contribution < 1.29 is 10.2 Å². The fourth-order valence-corrected chi connectivity index (χ4v) is 4.07. The summed E-state index contributed by atoms with van der Waals surface area (Å²) < 4.78 is 2.15. The minimum atomic E-state index is -0.436. The Labute approximate surface area is 154 Å². The summed E-state index contributed by atoms with van der Waals surface area (Å²) in [6.07, 6.45) is -0.436. The highest BCUT2D eigenvalue weighted by atomic mass is 35.5. The van der Waals surface area contributed by atoms with Gasteiger partial charge >= 0.3 is 0 Å². The molecule has 0 amide bonds. The van der Waals surface area contributed by atoms with Gasteiger partial charge in [-0.1, -0.05) is 23.7 Å². The molecular formula is C19H28ClN3O2. The number of fused-ring (bicyclic) bond motifs is 1. The van der Waals surface area contributed by atoms with Crippen molar-refractivity contribution >= 4 is 22.5 Å². The number of aliphatic hydroxyl groups is 2. The maximum absolute atomic E-state index is 10.6. The molecule has 0 saturated carbocycles. The molecule has 0 spiro atoms. The Morgan fingerprint density at radius 2 is 1.76 bits per heavy atom. The molecule has 138 valence electrons. The maximum atomic E-state index is 10.6. The first-order chi connectivity index (χ1) is 12.0. The van der Waals surface area contributed by atoms with Crippen molar-refractivity contribution in [3.8, 4) is 0 Å². The van der Waals surface area contributed by atoms with E-state index in [1.54, 1.807) is 0 Å². The molecule has 0 bridgehead atoms. The number of β-amino-alcohol motifs (C(OH)–C–C–N with tert-alkyl or cyclic N) is 2. The maximum Gasteiger partial charge on any atom is 0.0845 e. The van der Waals surface area contributed by atoms with Crippen LogP contribution in [0.3, 0.4) is 0 Å². The van der Waals surface area contributed by atoms with Crippen LogP contribution in [0.5, 0.6) is 0 Å². The summed E-state index contributed by atoms with van der Waals surface area (Å²) in [6.45, 7) is 10.1. The molecule has 1 aromatic carbocycles. The Kier molecular flexibility index (Phi) is 6.02. The summed E-state index contributed by atoms with van der Waals surface area (Å²) in [7, 11) is 0. The fraction of sp³-hybridized carbons (Fsp3) is 0.579. The normalized spacial score (nSPS) is 18.1. The molecule has 0 unspecified atom stereocenters. The molecule has 6 heteroatoms. The lowest BCUT2D eigenvalue weighted by Crippen LogP contribution is -2.49. The molecule has 1 atom stereocenters. The Hall–Kier alpha value is -1.11. The van der Waals surface area contributed by atoms with Gasteiger partial charge in [0.2, 0.25) is 0 Å². The molecule has 2 N–H and O–H groups in total. The third-order valence-corrected chi connectivity index (χ3v) is 5.66. The van der Waals surface area contributed by atoms with Gasteiger partial charge in [0.05, 0.1) is 29.8 Å². The van der Waals surface area contributed by atoms with Crippen molar-refractivity contribution in [1.82, 2.24) is 14.4 Å². The van der Waals surface area contributed by atoms with Crippen molar-refractivity contribution in [2.45, 2.75) is 26.5 Å². The van der Waals surface area contributed by atoms with Crippen LogP contribution < -0.4 is 0 Å². The summed E-state index contributed by atoms with van der Waals surface area (Å²) in [5.74, 6) is 0. The van der Waals surface area contributed by atoms with Crippen molar-refractivity contribution in [3.63, 3.8) is 0 Å². The third-order valence-electron chi connectivity index (χ3n) is 5.35. The SMILES string of the molecule is Cc1c(C)n(C[C@@H](O)CN2CCN(CCO)CC2)c2c(Cl)cccc12. The standard InChI is InChI=1S/C19H28ClN3O2/c1-14-15(2)23(19-17(14)4-3-5-18(19)20)13-16(25)12-22-8-6-21(7-9-22)10-11-24/h3-5,16,24-25H,6-13H2,1-2H3/t16-/m0/s1. The van der Waals surface area contributed by atoms with Crippen LogP contribution in [0.25, 0.3) is 10.9 Å². The van der Waals surface area contributed by atoms with E-state index in [1.807, 2.05) is 12.1 Å². The van der Waals surface area contributed by atoms with Gasteiger partial charge in [0.1, 0.15) is 0 Å². The quantitative estimate of drug-likeness (QED) is 0.820. The Balaban J connectivity index is 1.67. The Morgan fingerprint density at radius 1 is 1.08 bits per heavy atom. The van der Waals surface area contributed by atoms with Crippen LogP contribution in [0.4, 0.5) is 0 Å². The molecule has 0 radical (unpaired) electrons. The minimum Gasteiger partial charge on any atom is -0.395 e. The molecule has 2 heterocycles. The van der Waals surface area contributed by atoms with E-state index in [0.717, 1.165) is 54.3 Å². The molecule has 1 aliphatic heterocycles. The van der Waals surface area contributed by atoms with Gasteiger partial charge in [0.15, 0.2) is 0 Å². The smallest absolute Gasteiger partial charge is 0.0845 e. The number of nitrogens with zero attached hydrogens (tertiary/aromatic N) is 3. The van der Waals surface area contributed by atoms with Crippen LogP contribution in [0.1, 0.15) is 11.3 Å². The van der Waals surface area contributed by atoms with Crippen LogP contribution in [-0.4, -0.2) is 76.6 Å². The zero-order valence-corrected chi connectivity index (χ0v) is 15.8. The number of benzene rings is 1. The molecule has 1 aliphatic rings. The number of hydrogen-bond donors (Lipinski definition) is 2. The van der Waals surface area contributed by atoms with E-state index in [0.29, 0.717) is 13.1 Å². The van der Waals surface area contributed by atoms with Crippen molar-refractivity contribution in [1.29, 1.82) is 0 Å². The molecule has 1 aromatic heterocycles. The molecule has 3 rings (SSSR count). The van der Waals surface area contributed by atoms with Crippen LogP contribution >= 0.6 is 11.6 Å². The molecule has 25 heavy (non-hydrogen) atoms. The second-order valence-electron chi connectivity index (χ2n) is 6.98. The predicted octanol–water partition coefficient (Wildman–Crippen LogP) is 1.88. The first kappa shape index (κ1) is 18.7. The first-order valence-corrected chi connectivity index (χ1v) is 9.36. The van der Waals surface area contributed by atoms with Crippen LogP contribution in [0, 0.1) is 13.8 Å². The molecule has 0 aliphatic carbocycles. The van der Waals surface area contributed by atoms with Crippen LogP contribution in [-0.2, 0) is 6.54 Å². The summed E-state index contributed by atoms with van der Waals surface area (Å²) in [6, 6.07) is 5.97. The lowest BCUT2D eigenvalue weighted by atomic mass is 10.2. The van der Waals surface area contributed by atoms with Crippen molar-refractivity contribution in [3.05, 3.63) is 34.5 Å². The van der Waals surface area contributed by atoms with Crippen LogP contribution in [0.2, 0.25) is 5.02 Å². The highest BCUT2D eigenvalue weighted by Gasteiger charge is 2.21. The van der Waals surface area contributed by atoms with E-state index >= 15 is 0 Å². The van der Waals surface area contributed by atoms with Gasteiger partial charge in [-0.2, -0.15) is 0 Å². The van der Waals surface area contributed by atoms with E-state index < -0.39 is 6.10 Å². The summed E-state index contributed by atoms with van der Waals surface area (Å²) >= 11 is 6.43. The second kappa shape index (κ2) is 8.06. The van der Waals surface area contributed by atoms with Gasteiger partial charge in [-0.15, -0.1) is 0 Å². The molecule has 5 nitrogen and oxygen atoms in total. The zero-order chi connectivity index (χ0) is 18.0. The van der Waals surface area contributed by atoms with Gasteiger partial charge in [0.25, 0.3) is 0 Å². The fourth-order valence-electron chi connectivity index (χ4n) is 3.79. The number of para-hydroxylation sites is 1. The number of aliphatic hydroxyl groups excluding tert-OH is 2. The summed E-state index contributed by atoms with van der Waals surface area (Å²) in [4.78, 5) is 4.56. The highest BCUT2D eigenvalue weighted by molar-refractivity contribution is 6.35. The lowest BCUT2D eigenvalue weighted by molar-refractivity contribution is 0.0594. The Morgan fingerprint density at radius 3 is 2.44 bits per heavy atom. The van der Waals surface area contributed by atoms with Gasteiger partial charge in [0, 0.05) is 50.3 Å².